The van der Waals surface area contributed by atoms with Crippen LogP contribution in [-0.2, 0) is 9.59 Å². The summed E-state index contributed by atoms with van der Waals surface area (Å²) < 4.78 is 14.5. The minimum absolute atomic E-state index is 0.0183. The molecule has 0 aliphatic carbocycles. The largest absolute Gasteiger partial charge is 0.321 e. The number of carbonyl (C=O) groups is 3. The maximum atomic E-state index is 13.7. The first kappa shape index (κ1) is 34.5. The van der Waals surface area contributed by atoms with Crippen LogP contribution in [0.5, 0.6) is 0 Å². The van der Waals surface area contributed by atoms with Gasteiger partial charge < -0.3 is 16.0 Å². The summed E-state index contributed by atoms with van der Waals surface area (Å²) in [6.45, 7) is 0. The zero-order valence-corrected chi connectivity index (χ0v) is 29.4. The van der Waals surface area contributed by atoms with Gasteiger partial charge in [0.25, 0.3) is 11.8 Å². The molecule has 1 aromatic heterocycles. The highest BCUT2D eigenvalue weighted by Crippen LogP contribution is 2.37. The van der Waals surface area contributed by atoms with Gasteiger partial charge in [0, 0.05) is 31.6 Å². The number of rotatable bonds is 11. The van der Waals surface area contributed by atoms with Crippen LogP contribution >= 0.6 is 39.0 Å². The molecule has 0 saturated heterocycles. The van der Waals surface area contributed by atoms with Crippen LogP contribution in [0.25, 0.3) is 17.3 Å². The molecule has 248 valence electrons. The van der Waals surface area contributed by atoms with E-state index in [1.54, 1.807) is 42.5 Å². The Kier molecular flexibility index (Phi) is 11.3. The van der Waals surface area contributed by atoms with Gasteiger partial charge in [0.2, 0.25) is 5.91 Å². The van der Waals surface area contributed by atoms with Crippen LogP contribution in [0.3, 0.4) is 0 Å². The van der Waals surface area contributed by atoms with Crippen molar-refractivity contribution >= 4 is 73.6 Å². The van der Waals surface area contributed by atoms with E-state index in [2.05, 4.69) is 36.9 Å². The van der Waals surface area contributed by atoms with Crippen molar-refractivity contribution in [3.05, 3.63) is 172 Å². The Hall–Kier alpha value is -5.36. The van der Waals surface area contributed by atoms with Gasteiger partial charge in [-0.2, -0.15) is 0 Å². The molecule has 0 radical (unpaired) electrons. The van der Waals surface area contributed by atoms with Gasteiger partial charge in [-0.3, -0.25) is 14.4 Å². The normalized spacial score (nSPS) is 11.8. The Bertz CT molecular complexity index is 2130. The highest BCUT2D eigenvalue weighted by Gasteiger charge is 2.23. The summed E-state index contributed by atoms with van der Waals surface area (Å²) in [6, 6.07) is 38.4. The Balaban J connectivity index is 1.16. The van der Waals surface area contributed by atoms with E-state index in [9.17, 15) is 18.8 Å². The molecule has 1 unspecified atom stereocenters. The minimum Gasteiger partial charge on any atom is -0.321 e. The van der Waals surface area contributed by atoms with Gasteiger partial charge in [0.05, 0.1) is 5.69 Å². The smallest absolute Gasteiger partial charge is 0.272 e. The first-order valence-electron chi connectivity index (χ1n) is 15.3. The molecule has 0 spiro atoms. The number of benzene rings is 5. The second-order valence-corrected chi connectivity index (χ2v) is 13.8. The van der Waals surface area contributed by atoms with E-state index in [0.29, 0.717) is 21.9 Å². The van der Waals surface area contributed by atoms with Crippen molar-refractivity contribution in [2.75, 3.05) is 10.6 Å². The quantitative estimate of drug-likeness (QED) is 0.0902. The van der Waals surface area contributed by atoms with Gasteiger partial charge in [0.15, 0.2) is 5.13 Å². The van der Waals surface area contributed by atoms with Crippen molar-refractivity contribution in [1.29, 1.82) is 0 Å². The van der Waals surface area contributed by atoms with Crippen LogP contribution in [0, 0.1) is 5.82 Å². The predicted octanol–water partition coefficient (Wildman–Crippen LogP) is 9.59. The van der Waals surface area contributed by atoms with Gasteiger partial charge in [-0.05, 0) is 77.9 Å². The lowest BCUT2D eigenvalue weighted by Crippen LogP contribution is -2.30. The van der Waals surface area contributed by atoms with Crippen LogP contribution in [-0.4, -0.2) is 22.7 Å². The number of nitrogens with one attached hydrogen (secondary N) is 3. The molecule has 0 bridgehead atoms. The van der Waals surface area contributed by atoms with Gasteiger partial charge in [-0.1, -0.05) is 88.7 Å². The average Bonchev–Trinajstić information content (AvgIpc) is 3.61. The maximum Gasteiger partial charge on any atom is 0.272 e. The first-order chi connectivity index (χ1) is 24.3. The molecule has 5 aromatic carbocycles. The van der Waals surface area contributed by atoms with Crippen molar-refractivity contribution in [3.8, 4) is 11.3 Å². The molecule has 3 amide bonds. The van der Waals surface area contributed by atoms with Gasteiger partial charge >= 0.3 is 0 Å². The highest BCUT2D eigenvalue weighted by molar-refractivity contribution is 9.10. The molecule has 50 heavy (non-hydrogen) atoms. The summed E-state index contributed by atoms with van der Waals surface area (Å²) in [4.78, 5) is 45.5. The predicted molar refractivity (Wildman–Crippen MR) is 202 cm³/mol. The number of aromatic nitrogens is 1. The van der Waals surface area contributed by atoms with Crippen LogP contribution in [0.1, 0.15) is 26.7 Å². The topological polar surface area (TPSA) is 100 Å². The molecule has 6 aromatic rings. The van der Waals surface area contributed by atoms with E-state index in [1.807, 2.05) is 72.1 Å². The lowest BCUT2D eigenvalue weighted by molar-refractivity contribution is -0.116. The molecular weight excluding hydrogens is 735 g/mol. The second kappa shape index (κ2) is 16.4. The third-order valence-electron chi connectivity index (χ3n) is 7.29. The average molecular weight is 764 g/mol. The van der Waals surface area contributed by atoms with Crippen molar-refractivity contribution in [1.82, 2.24) is 10.3 Å². The number of carbonyl (C=O) groups excluding carboxylic acids is 3. The number of thioether (sulfide) groups is 1. The molecule has 1 heterocycles. The van der Waals surface area contributed by atoms with E-state index in [0.717, 1.165) is 26.2 Å². The van der Waals surface area contributed by atoms with Gasteiger partial charge in [-0.25, -0.2) is 9.37 Å². The Morgan fingerprint density at radius 1 is 0.780 bits per heavy atom. The van der Waals surface area contributed by atoms with Crippen molar-refractivity contribution < 1.29 is 18.8 Å². The molecule has 7 nitrogen and oxygen atoms in total. The van der Waals surface area contributed by atoms with E-state index >= 15 is 0 Å². The summed E-state index contributed by atoms with van der Waals surface area (Å²) >= 11 is 6.17. The van der Waals surface area contributed by atoms with Crippen molar-refractivity contribution in [2.24, 2.45) is 0 Å². The van der Waals surface area contributed by atoms with Crippen LogP contribution in [0.15, 0.2) is 154 Å². The Morgan fingerprint density at radius 3 is 2.12 bits per heavy atom. The molecule has 0 aliphatic heterocycles. The van der Waals surface area contributed by atoms with Crippen molar-refractivity contribution in [3.63, 3.8) is 0 Å². The number of nitrogens with zero attached hydrogens (tertiary/aromatic N) is 1. The standard InChI is InChI=1S/C39H28BrFN4O3S2/c40-29-15-13-26(14-16-29)34-24-49-39(44-34)45-38(48)35(27-7-3-1-4-8-27)50-32-21-19-31(20-22-32)42-37(47)33(23-25-11-17-30(41)18-12-25)43-36(46)28-9-5-2-6-10-28/h1-24,35H,(H,42,47)(H,43,46)(H,44,45,48)/b33-23-. The molecule has 6 rings (SSSR count). The Morgan fingerprint density at radius 2 is 1.44 bits per heavy atom. The number of anilines is 2. The molecule has 0 saturated carbocycles. The summed E-state index contributed by atoms with van der Waals surface area (Å²) in [7, 11) is 0. The van der Waals surface area contributed by atoms with Crippen LogP contribution in [0.4, 0.5) is 15.2 Å². The zero-order chi connectivity index (χ0) is 34.9. The lowest BCUT2D eigenvalue weighted by Gasteiger charge is -2.17. The Labute approximate surface area is 304 Å². The third kappa shape index (κ3) is 9.20. The zero-order valence-electron chi connectivity index (χ0n) is 26.2. The fourth-order valence-corrected chi connectivity index (χ4v) is 6.79. The number of amides is 3. The molecule has 3 N–H and O–H groups in total. The van der Waals surface area contributed by atoms with Gasteiger partial charge in [0.1, 0.15) is 16.8 Å². The highest BCUT2D eigenvalue weighted by atomic mass is 79.9. The first-order valence-corrected chi connectivity index (χ1v) is 17.8. The van der Waals surface area contributed by atoms with E-state index in [4.69, 9.17) is 0 Å². The number of halogens is 2. The summed E-state index contributed by atoms with van der Waals surface area (Å²) in [6.07, 6.45) is 1.48. The fourth-order valence-electron chi connectivity index (χ4n) is 4.78. The second-order valence-electron chi connectivity index (χ2n) is 10.9. The van der Waals surface area contributed by atoms with E-state index in [-0.39, 0.29) is 11.6 Å². The summed E-state index contributed by atoms with van der Waals surface area (Å²) in [5.74, 6) is -1.67. The fraction of sp³-hybridized carbons (Fsp3) is 0.0256. The SMILES string of the molecule is O=C(Nc1ccc(SC(C(=O)Nc2nc(-c3ccc(Br)cc3)cs2)c2ccccc2)cc1)/C(=C/c1ccc(F)cc1)NC(=O)c1ccccc1. The maximum absolute atomic E-state index is 13.7. The van der Waals surface area contributed by atoms with E-state index < -0.39 is 22.9 Å². The minimum atomic E-state index is -0.588. The van der Waals surface area contributed by atoms with Crippen LogP contribution in [0.2, 0.25) is 0 Å². The molecule has 11 heteroatoms. The summed E-state index contributed by atoms with van der Waals surface area (Å²) in [5, 5.41) is 10.3. The van der Waals surface area contributed by atoms with Crippen molar-refractivity contribution in [2.45, 2.75) is 10.1 Å². The monoisotopic (exact) mass is 762 g/mol. The van der Waals surface area contributed by atoms with Crippen LogP contribution < -0.4 is 16.0 Å². The number of hydrogen-bond acceptors (Lipinski definition) is 6. The van der Waals surface area contributed by atoms with Gasteiger partial charge in [-0.15, -0.1) is 23.1 Å². The molecular formula is C39H28BrFN4O3S2. The van der Waals surface area contributed by atoms with E-state index in [1.165, 1.54) is 53.4 Å². The molecule has 0 fully saturated rings. The lowest BCUT2D eigenvalue weighted by atomic mass is 10.1. The summed E-state index contributed by atoms with van der Waals surface area (Å²) in [5.41, 5.74) is 3.91. The third-order valence-corrected chi connectivity index (χ3v) is 9.84. The number of thiazole rings is 1. The molecule has 1 atom stereocenters. The molecule has 0 aliphatic rings. The number of hydrogen-bond donors (Lipinski definition) is 3.